The highest BCUT2D eigenvalue weighted by Gasteiger charge is 2.19. The molecule has 4 heteroatoms. The molecule has 220 valence electrons. The third kappa shape index (κ3) is 5.37. The molecular weight excluding hydrogens is 574 g/mol. The van der Waals surface area contributed by atoms with Gasteiger partial charge in [0.05, 0.1) is 11.6 Å². The number of rotatable bonds is 6. The smallest absolute Gasteiger partial charge is 0.227 e. The van der Waals surface area contributed by atoms with Crippen molar-refractivity contribution in [2.24, 2.45) is 0 Å². The van der Waals surface area contributed by atoms with Crippen molar-refractivity contribution in [1.29, 1.82) is 5.26 Å². The number of hydrogen-bond acceptors (Lipinski definition) is 4. The van der Waals surface area contributed by atoms with Crippen LogP contribution in [0.4, 0.5) is 0 Å². The Morgan fingerprint density at radius 2 is 1.06 bits per heavy atom. The second-order valence-electron chi connectivity index (χ2n) is 11.4. The van der Waals surface area contributed by atoms with Crippen LogP contribution in [-0.2, 0) is 0 Å². The number of oxazole rings is 1. The van der Waals surface area contributed by atoms with E-state index in [1.165, 1.54) is 0 Å². The van der Waals surface area contributed by atoms with Crippen LogP contribution in [0.1, 0.15) is 5.56 Å². The standard InChI is InChI=1S/C43H27N3O/c44-27-37-26-35(21-22-38(37)32-8-3-1-4-9-32)39-23-24-40-42(41(39)33-10-5-2-6-11-33)46-43(47-40)34-19-17-30(18-20-34)29-13-15-31(16-14-29)36-12-7-25-45-28-36/h1-26,28H. The summed E-state index contributed by atoms with van der Waals surface area (Å²) >= 11 is 0. The number of nitriles is 1. The maximum absolute atomic E-state index is 10.1. The van der Waals surface area contributed by atoms with Crippen molar-refractivity contribution < 1.29 is 4.42 Å². The summed E-state index contributed by atoms with van der Waals surface area (Å²) in [6, 6.07) is 53.6. The van der Waals surface area contributed by atoms with E-state index in [2.05, 4.69) is 89.9 Å². The summed E-state index contributed by atoms with van der Waals surface area (Å²) in [6.07, 6.45) is 3.66. The molecule has 2 heterocycles. The molecule has 0 atom stereocenters. The summed E-state index contributed by atoms with van der Waals surface area (Å²) in [5.41, 5.74) is 13.4. The monoisotopic (exact) mass is 601 g/mol. The first-order valence-electron chi connectivity index (χ1n) is 15.5. The number of aromatic nitrogens is 2. The van der Waals surface area contributed by atoms with E-state index in [0.717, 1.165) is 66.7 Å². The first-order chi connectivity index (χ1) is 23.2. The van der Waals surface area contributed by atoms with Crippen molar-refractivity contribution in [3.8, 4) is 73.2 Å². The first-order valence-corrected chi connectivity index (χ1v) is 15.5. The Morgan fingerprint density at radius 3 is 1.70 bits per heavy atom. The van der Waals surface area contributed by atoms with E-state index in [1.54, 1.807) is 6.20 Å². The second kappa shape index (κ2) is 12.1. The molecule has 0 spiro atoms. The van der Waals surface area contributed by atoms with E-state index in [1.807, 2.05) is 79.0 Å². The Balaban J connectivity index is 1.17. The zero-order chi connectivity index (χ0) is 31.6. The van der Waals surface area contributed by atoms with Crippen molar-refractivity contribution >= 4 is 11.1 Å². The molecule has 0 aliphatic heterocycles. The van der Waals surface area contributed by atoms with Crippen LogP contribution in [0.15, 0.2) is 168 Å². The van der Waals surface area contributed by atoms with Crippen molar-refractivity contribution in [2.45, 2.75) is 0 Å². The highest BCUT2D eigenvalue weighted by Crippen LogP contribution is 2.41. The zero-order valence-corrected chi connectivity index (χ0v) is 25.3. The molecular formula is C43H27N3O. The predicted octanol–water partition coefficient (Wildman–Crippen LogP) is 11.1. The maximum atomic E-state index is 10.1. The molecule has 0 saturated heterocycles. The summed E-state index contributed by atoms with van der Waals surface area (Å²) in [4.78, 5) is 9.30. The van der Waals surface area contributed by atoms with Gasteiger partial charge in [-0.3, -0.25) is 4.98 Å². The quantitative estimate of drug-likeness (QED) is 0.190. The summed E-state index contributed by atoms with van der Waals surface area (Å²) in [7, 11) is 0. The van der Waals surface area contributed by atoms with E-state index in [9.17, 15) is 5.26 Å². The molecule has 6 aromatic carbocycles. The van der Waals surface area contributed by atoms with Gasteiger partial charge in [-0.15, -0.1) is 0 Å². The van der Waals surface area contributed by atoms with E-state index in [-0.39, 0.29) is 0 Å². The fourth-order valence-corrected chi connectivity index (χ4v) is 6.12. The molecule has 0 N–H and O–H groups in total. The topological polar surface area (TPSA) is 62.7 Å². The maximum Gasteiger partial charge on any atom is 0.227 e. The molecule has 0 fully saturated rings. The van der Waals surface area contributed by atoms with Gasteiger partial charge in [-0.25, -0.2) is 4.98 Å². The summed E-state index contributed by atoms with van der Waals surface area (Å²) in [5.74, 6) is 0.560. The number of fused-ring (bicyclic) bond motifs is 1. The zero-order valence-electron chi connectivity index (χ0n) is 25.3. The number of hydrogen-bond donors (Lipinski definition) is 0. The normalized spacial score (nSPS) is 11.0. The van der Waals surface area contributed by atoms with Gasteiger partial charge < -0.3 is 4.42 Å². The second-order valence-corrected chi connectivity index (χ2v) is 11.4. The van der Waals surface area contributed by atoms with E-state index >= 15 is 0 Å². The molecule has 2 aromatic heterocycles. The summed E-state index contributed by atoms with van der Waals surface area (Å²) in [5, 5.41) is 10.1. The highest BCUT2D eigenvalue weighted by molar-refractivity contribution is 6.01. The van der Waals surface area contributed by atoms with Crippen molar-refractivity contribution in [3.05, 3.63) is 170 Å². The fraction of sp³-hybridized carbons (Fsp3) is 0. The average molecular weight is 602 g/mol. The van der Waals surface area contributed by atoms with E-state index in [0.29, 0.717) is 17.0 Å². The Labute approximate surface area is 272 Å². The predicted molar refractivity (Wildman–Crippen MR) is 189 cm³/mol. The average Bonchev–Trinajstić information content (AvgIpc) is 3.60. The molecule has 4 nitrogen and oxygen atoms in total. The molecule has 47 heavy (non-hydrogen) atoms. The summed E-state index contributed by atoms with van der Waals surface area (Å²) in [6.45, 7) is 0. The molecule has 0 aliphatic carbocycles. The minimum absolute atomic E-state index is 0.560. The third-order valence-electron chi connectivity index (χ3n) is 8.50. The lowest BCUT2D eigenvalue weighted by Gasteiger charge is -2.13. The lowest BCUT2D eigenvalue weighted by molar-refractivity contribution is 0.620. The fourth-order valence-electron chi connectivity index (χ4n) is 6.12. The van der Waals surface area contributed by atoms with E-state index in [4.69, 9.17) is 9.40 Å². The van der Waals surface area contributed by atoms with Crippen LogP contribution in [0.25, 0.3) is 78.2 Å². The third-order valence-corrected chi connectivity index (χ3v) is 8.50. The molecule has 8 rings (SSSR count). The Morgan fingerprint density at radius 1 is 0.489 bits per heavy atom. The van der Waals surface area contributed by atoms with Crippen LogP contribution < -0.4 is 0 Å². The molecule has 0 bridgehead atoms. The molecule has 0 saturated carbocycles. The number of benzene rings is 6. The van der Waals surface area contributed by atoms with Crippen LogP contribution >= 0.6 is 0 Å². The molecule has 0 radical (unpaired) electrons. The van der Waals surface area contributed by atoms with Gasteiger partial charge in [0.15, 0.2) is 5.58 Å². The van der Waals surface area contributed by atoms with Gasteiger partial charge in [0.1, 0.15) is 5.52 Å². The van der Waals surface area contributed by atoms with Gasteiger partial charge in [0.25, 0.3) is 0 Å². The number of pyridine rings is 1. The number of nitrogens with zero attached hydrogens (tertiary/aromatic N) is 3. The first kappa shape index (κ1) is 27.9. The van der Waals surface area contributed by atoms with Crippen LogP contribution in [-0.4, -0.2) is 9.97 Å². The minimum Gasteiger partial charge on any atom is -0.436 e. The lowest BCUT2D eigenvalue weighted by Crippen LogP contribution is -1.90. The SMILES string of the molecule is N#Cc1cc(-c2ccc3oc(-c4ccc(-c5ccc(-c6cccnc6)cc5)cc4)nc3c2-c2ccccc2)ccc1-c1ccccc1. The minimum atomic E-state index is 0.560. The largest absolute Gasteiger partial charge is 0.436 e. The lowest BCUT2D eigenvalue weighted by atomic mass is 9.90. The van der Waals surface area contributed by atoms with Crippen LogP contribution in [0.5, 0.6) is 0 Å². The van der Waals surface area contributed by atoms with Crippen molar-refractivity contribution in [2.75, 3.05) is 0 Å². The van der Waals surface area contributed by atoms with E-state index < -0.39 is 0 Å². The highest BCUT2D eigenvalue weighted by atomic mass is 16.3. The van der Waals surface area contributed by atoms with Crippen molar-refractivity contribution in [3.63, 3.8) is 0 Å². The molecule has 8 aromatic rings. The van der Waals surface area contributed by atoms with Gasteiger partial charge in [-0.2, -0.15) is 5.26 Å². The molecule has 0 amide bonds. The van der Waals surface area contributed by atoms with Gasteiger partial charge >= 0.3 is 0 Å². The van der Waals surface area contributed by atoms with Crippen LogP contribution in [0, 0.1) is 11.3 Å². The van der Waals surface area contributed by atoms with Gasteiger partial charge in [0, 0.05) is 23.5 Å². The van der Waals surface area contributed by atoms with Crippen molar-refractivity contribution in [1.82, 2.24) is 9.97 Å². The Bertz CT molecular complexity index is 2370. The van der Waals surface area contributed by atoms with Crippen LogP contribution in [0.2, 0.25) is 0 Å². The van der Waals surface area contributed by atoms with Gasteiger partial charge in [-0.1, -0.05) is 115 Å². The van der Waals surface area contributed by atoms with Gasteiger partial charge in [0.2, 0.25) is 5.89 Å². The Hall–Kier alpha value is -6.57. The van der Waals surface area contributed by atoms with Gasteiger partial charge in [-0.05, 0) is 86.5 Å². The molecule has 0 aliphatic rings. The Kier molecular flexibility index (Phi) is 7.18. The summed E-state index contributed by atoms with van der Waals surface area (Å²) < 4.78 is 6.37. The molecule has 0 unspecified atom stereocenters. The van der Waals surface area contributed by atoms with Crippen LogP contribution in [0.3, 0.4) is 0 Å².